The molecule has 0 radical (unpaired) electrons. The fourth-order valence-electron chi connectivity index (χ4n) is 1.42. The summed E-state index contributed by atoms with van der Waals surface area (Å²) in [5.41, 5.74) is 0.240. The van der Waals surface area contributed by atoms with E-state index in [-0.39, 0.29) is 5.69 Å². The number of hydrogen-bond donors (Lipinski definition) is 0. The van der Waals surface area contributed by atoms with E-state index in [2.05, 4.69) is 0 Å². The van der Waals surface area contributed by atoms with Crippen molar-refractivity contribution < 1.29 is 9.31 Å². The van der Waals surface area contributed by atoms with Crippen molar-refractivity contribution in [1.82, 2.24) is 0 Å². The van der Waals surface area contributed by atoms with Gasteiger partial charge in [-0.2, -0.15) is 0 Å². The van der Waals surface area contributed by atoms with E-state index in [1.165, 1.54) is 12.1 Å². The molecular weight excluding hydrogens is 187 g/mol. The van der Waals surface area contributed by atoms with Gasteiger partial charge in [-0.1, -0.05) is 0 Å². The van der Waals surface area contributed by atoms with Crippen LogP contribution in [0.25, 0.3) is 0 Å². The molecule has 0 saturated carbocycles. The highest BCUT2D eigenvalue weighted by Gasteiger charge is 2.31. The van der Waals surface area contributed by atoms with E-state index in [0.717, 1.165) is 12.6 Å². The Morgan fingerprint density at radius 2 is 2.29 bits per heavy atom. The molecule has 0 aliphatic carbocycles. The minimum atomic E-state index is -0.599. The predicted octanol–water partition coefficient (Wildman–Crippen LogP) is 1.94. The second-order valence-corrected chi connectivity index (χ2v) is 3.39. The molecule has 1 unspecified atom stereocenters. The zero-order valence-electron chi connectivity index (χ0n) is 7.61. The van der Waals surface area contributed by atoms with Crippen LogP contribution in [0.2, 0.25) is 0 Å². The van der Waals surface area contributed by atoms with E-state index in [1.54, 1.807) is 0 Å². The Hall–Kier alpha value is -1.65. The van der Waals surface area contributed by atoms with Gasteiger partial charge in [-0.3, -0.25) is 10.1 Å². The lowest BCUT2D eigenvalue weighted by molar-refractivity contribution is -0.385. The first-order valence-electron chi connectivity index (χ1n) is 4.30. The molecule has 2 rings (SSSR count). The Labute approximate surface area is 80.1 Å². The highest BCUT2D eigenvalue weighted by atomic mass is 19.1. The Bertz CT molecular complexity index is 394. The summed E-state index contributed by atoms with van der Waals surface area (Å²) >= 11 is 0. The molecule has 4 nitrogen and oxygen atoms in total. The lowest BCUT2D eigenvalue weighted by Crippen LogP contribution is -1.99. The van der Waals surface area contributed by atoms with Gasteiger partial charge >= 0.3 is 0 Å². The van der Waals surface area contributed by atoms with Crippen LogP contribution in [-0.2, 0) is 0 Å². The molecule has 1 atom stereocenters. The van der Waals surface area contributed by atoms with Gasteiger partial charge in [0.15, 0.2) is 5.82 Å². The normalized spacial score (nSPS) is 19.6. The van der Waals surface area contributed by atoms with E-state index in [1.807, 2.05) is 11.8 Å². The summed E-state index contributed by atoms with van der Waals surface area (Å²) in [6, 6.07) is 4.08. The van der Waals surface area contributed by atoms with Gasteiger partial charge in [0.1, 0.15) is 0 Å². The number of halogens is 1. The highest BCUT2D eigenvalue weighted by molar-refractivity contribution is 5.57. The molecule has 74 valence electrons. The van der Waals surface area contributed by atoms with Crippen molar-refractivity contribution in [3.8, 4) is 0 Å². The zero-order chi connectivity index (χ0) is 10.3. The number of non-ortho nitro benzene ring substituents is 1. The molecular formula is C9H9FN2O2. The monoisotopic (exact) mass is 196 g/mol. The van der Waals surface area contributed by atoms with Crippen LogP contribution < -0.4 is 4.90 Å². The molecule has 1 fully saturated rings. The van der Waals surface area contributed by atoms with Crippen LogP contribution in [0.3, 0.4) is 0 Å². The quantitative estimate of drug-likeness (QED) is 0.412. The summed E-state index contributed by atoms with van der Waals surface area (Å²) in [5.74, 6) is -0.524. The number of nitro benzene ring substituents is 1. The number of nitrogens with zero attached hydrogens (tertiary/aromatic N) is 2. The number of anilines is 1. The first-order valence-corrected chi connectivity index (χ1v) is 4.30. The summed E-state index contributed by atoms with van der Waals surface area (Å²) in [5, 5.41) is 10.3. The third-order valence-electron chi connectivity index (χ3n) is 2.31. The summed E-state index contributed by atoms with van der Waals surface area (Å²) in [7, 11) is 0. The average Bonchev–Trinajstić information content (AvgIpc) is 2.82. The SMILES string of the molecule is CC1CN1c1ccc([N+](=O)[O-])cc1F. The molecule has 14 heavy (non-hydrogen) atoms. The van der Waals surface area contributed by atoms with E-state index >= 15 is 0 Å². The first kappa shape index (κ1) is 8.93. The van der Waals surface area contributed by atoms with Gasteiger partial charge in [-0.25, -0.2) is 4.39 Å². The zero-order valence-corrected chi connectivity index (χ0v) is 7.61. The van der Waals surface area contributed by atoms with E-state index in [0.29, 0.717) is 11.7 Å². The predicted molar refractivity (Wildman–Crippen MR) is 49.9 cm³/mol. The molecule has 1 aromatic rings. The summed E-state index contributed by atoms with van der Waals surface area (Å²) in [6.07, 6.45) is 0. The van der Waals surface area contributed by atoms with Gasteiger partial charge in [-0.05, 0) is 13.0 Å². The van der Waals surface area contributed by atoms with Crippen LogP contribution in [0, 0.1) is 15.9 Å². The molecule has 0 amide bonds. The van der Waals surface area contributed by atoms with Crippen molar-refractivity contribution in [2.24, 2.45) is 0 Å². The minimum Gasteiger partial charge on any atom is -0.363 e. The van der Waals surface area contributed by atoms with Gasteiger partial charge in [0.25, 0.3) is 5.69 Å². The molecule has 0 aromatic heterocycles. The Morgan fingerprint density at radius 3 is 2.71 bits per heavy atom. The fourth-order valence-corrected chi connectivity index (χ4v) is 1.42. The Morgan fingerprint density at radius 1 is 1.64 bits per heavy atom. The summed E-state index contributed by atoms with van der Waals surface area (Å²) in [6.45, 7) is 2.79. The van der Waals surface area contributed by atoms with Crippen LogP contribution in [-0.4, -0.2) is 17.5 Å². The van der Waals surface area contributed by atoms with Crippen LogP contribution in [0.4, 0.5) is 15.8 Å². The van der Waals surface area contributed by atoms with Gasteiger partial charge in [-0.15, -0.1) is 0 Å². The third kappa shape index (κ3) is 1.41. The van der Waals surface area contributed by atoms with Crippen LogP contribution in [0.1, 0.15) is 6.92 Å². The summed E-state index contributed by atoms with van der Waals surface area (Å²) in [4.78, 5) is 11.6. The number of rotatable bonds is 2. The number of hydrogen-bond acceptors (Lipinski definition) is 3. The lowest BCUT2D eigenvalue weighted by atomic mass is 10.2. The van der Waals surface area contributed by atoms with Crippen molar-refractivity contribution >= 4 is 11.4 Å². The van der Waals surface area contributed by atoms with Gasteiger partial charge in [0.2, 0.25) is 0 Å². The first-order chi connectivity index (χ1) is 6.59. The number of benzene rings is 1. The van der Waals surface area contributed by atoms with Gasteiger partial charge < -0.3 is 4.90 Å². The molecule has 5 heteroatoms. The van der Waals surface area contributed by atoms with E-state index in [4.69, 9.17) is 0 Å². The lowest BCUT2D eigenvalue weighted by Gasteiger charge is -2.04. The van der Waals surface area contributed by atoms with Crippen LogP contribution in [0.5, 0.6) is 0 Å². The average molecular weight is 196 g/mol. The van der Waals surface area contributed by atoms with E-state index in [9.17, 15) is 14.5 Å². The molecule has 1 heterocycles. The maximum atomic E-state index is 13.3. The standard InChI is InChI=1S/C9H9FN2O2/c1-6-5-11(6)9-3-2-7(12(13)14)4-8(9)10/h2-4,6H,5H2,1H3. The van der Waals surface area contributed by atoms with E-state index < -0.39 is 10.7 Å². The largest absolute Gasteiger partial charge is 0.363 e. The second kappa shape index (κ2) is 2.94. The number of nitro groups is 1. The maximum absolute atomic E-state index is 13.3. The van der Waals surface area contributed by atoms with Crippen LogP contribution >= 0.6 is 0 Å². The van der Waals surface area contributed by atoms with Crippen molar-refractivity contribution in [3.63, 3.8) is 0 Å². The Kier molecular flexibility index (Phi) is 1.87. The van der Waals surface area contributed by atoms with Gasteiger partial charge in [0, 0.05) is 18.7 Å². The molecule has 0 N–H and O–H groups in total. The Balaban J connectivity index is 2.32. The third-order valence-corrected chi connectivity index (χ3v) is 2.31. The van der Waals surface area contributed by atoms with Crippen LogP contribution in [0.15, 0.2) is 18.2 Å². The molecule has 1 aliphatic rings. The van der Waals surface area contributed by atoms with Crippen molar-refractivity contribution in [1.29, 1.82) is 0 Å². The second-order valence-electron chi connectivity index (χ2n) is 3.39. The smallest absolute Gasteiger partial charge is 0.272 e. The molecule has 0 spiro atoms. The fraction of sp³-hybridized carbons (Fsp3) is 0.333. The highest BCUT2D eigenvalue weighted by Crippen LogP contribution is 2.31. The topological polar surface area (TPSA) is 46.1 Å². The molecule has 1 aliphatic heterocycles. The van der Waals surface area contributed by atoms with Gasteiger partial charge in [0.05, 0.1) is 16.7 Å². The van der Waals surface area contributed by atoms with Crippen molar-refractivity contribution in [2.75, 3.05) is 11.4 Å². The van der Waals surface area contributed by atoms with Crippen molar-refractivity contribution in [2.45, 2.75) is 13.0 Å². The molecule has 1 aromatic carbocycles. The molecule has 1 saturated heterocycles. The van der Waals surface area contributed by atoms with Crippen molar-refractivity contribution in [3.05, 3.63) is 34.1 Å². The molecule has 0 bridgehead atoms. The minimum absolute atomic E-state index is 0.208. The maximum Gasteiger partial charge on any atom is 0.272 e. The summed E-state index contributed by atoms with van der Waals surface area (Å²) < 4.78 is 13.3.